The summed E-state index contributed by atoms with van der Waals surface area (Å²) >= 11 is 0. The highest BCUT2D eigenvalue weighted by atomic mass is 19.1. The number of hydrogen-bond acceptors (Lipinski definition) is 2. The van der Waals surface area contributed by atoms with Gasteiger partial charge < -0.3 is 9.84 Å². The molecule has 0 aromatic heterocycles. The molecule has 0 heterocycles. The Kier molecular flexibility index (Phi) is 7.74. The molecule has 0 radical (unpaired) electrons. The van der Waals surface area contributed by atoms with Gasteiger partial charge in [-0.15, -0.1) is 0 Å². The molecule has 0 saturated heterocycles. The van der Waals surface area contributed by atoms with Crippen molar-refractivity contribution in [1.82, 2.24) is 0 Å². The van der Waals surface area contributed by atoms with E-state index in [9.17, 15) is 9.18 Å². The van der Waals surface area contributed by atoms with Gasteiger partial charge >= 0.3 is 5.97 Å². The number of carboxylic acid groups (broad SMARTS) is 1. The minimum absolute atomic E-state index is 0.0908. The molecule has 0 unspecified atom stereocenters. The third-order valence-electron chi connectivity index (χ3n) is 6.49. The maximum Gasteiger partial charge on any atom is 0.303 e. The number of rotatable bonds is 8. The van der Waals surface area contributed by atoms with E-state index in [1.165, 1.54) is 0 Å². The fourth-order valence-corrected chi connectivity index (χ4v) is 4.51. The topological polar surface area (TPSA) is 46.5 Å². The summed E-state index contributed by atoms with van der Waals surface area (Å²) in [4.78, 5) is 10.6. The van der Waals surface area contributed by atoms with Gasteiger partial charge in [0.05, 0.1) is 6.10 Å². The van der Waals surface area contributed by atoms with Crippen LogP contribution in [0.2, 0.25) is 0 Å². The highest BCUT2D eigenvalue weighted by Crippen LogP contribution is 2.39. The van der Waals surface area contributed by atoms with Crippen molar-refractivity contribution in [3.8, 4) is 16.9 Å². The Labute approximate surface area is 185 Å². The van der Waals surface area contributed by atoms with Gasteiger partial charge in [-0.05, 0) is 85.1 Å². The van der Waals surface area contributed by atoms with Gasteiger partial charge in [-0.2, -0.15) is 0 Å². The van der Waals surface area contributed by atoms with E-state index in [0.717, 1.165) is 55.2 Å². The monoisotopic (exact) mass is 426 g/mol. The standard InChI is InChI=1S/C27H35FO3/c1-27(2,3)22-12-14-23(15-13-22)31-25-16-11-21(18-24(25)28)20-9-6-8-19(17-20)7-4-5-10-26(29)30/h6,8-9,11,16-18,22-23H,4-5,7,10,12-15H2,1-3H3,(H,29,30). The first kappa shape index (κ1) is 23.3. The van der Waals surface area contributed by atoms with Crippen LogP contribution in [-0.2, 0) is 11.2 Å². The quantitative estimate of drug-likeness (QED) is 0.451. The Morgan fingerprint density at radius 2 is 1.74 bits per heavy atom. The zero-order chi connectivity index (χ0) is 22.4. The van der Waals surface area contributed by atoms with E-state index in [-0.39, 0.29) is 18.3 Å². The molecule has 1 N–H and O–H groups in total. The molecule has 1 aliphatic carbocycles. The van der Waals surface area contributed by atoms with Gasteiger partial charge in [-0.1, -0.05) is 51.1 Å². The van der Waals surface area contributed by atoms with E-state index in [4.69, 9.17) is 9.84 Å². The van der Waals surface area contributed by atoms with E-state index < -0.39 is 5.97 Å². The van der Waals surface area contributed by atoms with Crippen LogP contribution < -0.4 is 4.74 Å². The maximum absolute atomic E-state index is 14.8. The molecule has 0 spiro atoms. The number of aliphatic carboxylic acids is 1. The molecule has 0 amide bonds. The zero-order valence-corrected chi connectivity index (χ0v) is 19.0. The molecule has 1 saturated carbocycles. The molecule has 31 heavy (non-hydrogen) atoms. The summed E-state index contributed by atoms with van der Waals surface area (Å²) in [6.07, 6.45) is 6.83. The highest BCUT2D eigenvalue weighted by molar-refractivity contribution is 5.66. The lowest BCUT2D eigenvalue weighted by molar-refractivity contribution is -0.137. The van der Waals surface area contributed by atoms with E-state index >= 15 is 0 Å². The average Bonchev–Trinajstić information content (AvgIpc) is 2.72. The third-order valence-corrected chi connectivity index (χ3v) is 6.49. The number of halogens is 1. The fraction of sp³-hybridized carbons (Fsp3) is 0.519. The third kappa shape index (κ3) is 6.81. The number of carbonyl (C=O) groups is 1. The van der Waals surface area contributed by atoms with E-state index in [1.807, 2.05) is 24.3 Å². The SMILES string of the molecule is CC(C)(C)C1CCC(Oc2ccc(-c3cccc(CCCCC(=O)O)c3)cc2F)CC1. The summed E-state index contributed by atoms with van der Waals surface area (Å²) in [5.74, 6) is -0.0279. The van der Waals surface area contributed by atoms with Crippen molar-refractivity contribution in [3.05, 3.63) is 53.8 Å². The lowest BCUT2D eigenvalue weighted by Crippen LogP contribution is -2.30. The predicted molar refractivity (Wildman–Crippen MR) is 123 cm³/mol. The van der Waals surface area contributed by atoms with Crippen LogP contribution in [0.5, 0.6) is 5.75 Å². The van der Waals surface area contributed by atoms with Crippen LogP contribution in [0.1, 0.15) is 71.3 Å². The van der Waals surface area contributed by atoms with Crippen LogP contribution in [0.3, 0.4) is 0 Å². The van der Waals surface area contributed by atoms with Gasteiger partial charge in [0.2, 0.25) is 0 Å². The van der Waals surface area contributed by atoms with Crippen molar-refractivity contribution >= 4 is 5.97 Å². The summed E-state index contributed by atoms with van der Waals surface area (Å²) in [7, 11) is 0. The number of hydrogen-bond donors (Lipinski definition) is 1. The second kappa shape index (κ2) is 10.3. The lowest BCUT2D eigenvalue weighted by atomic mass is 9.72. The van der Waals surface area contributed by atoms with Gasteiger partial charge in [0.1, 0.15) is 0 Å². The minimum atomic E-state index is -0.756. The van der Waals surface area contributed by atoms with Crippen LogP contribution in [-0.4, -0.2) is 17.2 Å². The Balaban J connectivity index is 1.59. The van der Waals surface area contributed by atoms with Crippen molar-refractivity contribution in [2.24, 2.45) is 11.3 Å². The van der Waals surface area contributed by atoms with Crippen molar-refractivity contribution in [2.45, 2.75) is 78.2 Å². The van der Waals surface area contributed by atoms with Crippen molar-refractivity contribution in [2.75, 3.05) is 0 Å². The highest BCUT2D eigenvalue weighted by Gasteiger charge is 2.30. The fourth-order valence-electron chi connectivity index (χ4n) is 4.51. The van der Waals surface area contributed by atoms with E-state index in [2.05, 4.69) is 26.8 Å². The molecule has 2 aromatic rings. The molecule has 0 bridgehead atoms. The van der Waals surface area contributed by atoms with Gasteiger partial charge in [0.15, 0.2) is 11.6 Å². The second-order valence-corrected chi connectivity index (χ2v) is 9.90. The summed E-state index contributed by atoms with van der Waals surface area (Å²) in [5.41, 5.74) is 3.25. The number of ether oxygens (including phenoxy) is 1. The molecule has 0 atom stereocenters. The van der Waals surface area contributed by atoms with E-state index in [0.29, 0.717) is 23.5 Å². The van der Waals surface area contributed by atoms with Crippen molar-refractivity contribution < 1.29 is 19.0 Å². The van der Waals surface area contributed by atoms with Gasteiger partial charge in [-0.25, -0.2) is 4.39 Å². The van der Waals surface area contributed by atoms with Crippen LogP contribution in [0.15, 0.2) is 42.5 Å². The largest absolute Gasteiger partial charge is 0.487 e. The second-order valence-electron chi connectivity index (χ2n) is 9.90. The van der Waals surface area contributed by atoms with Crippen LogP contribution in [0, 0.1) is 17.2 Å². The number of aryl methyl sites for hydroxylation is 1. The van der Waals surface area contributed by atoms with Crippen molar-refractivity contribution in [3.63, 3.8) is 0 Å². The Morgan fingerprint density at radius 3 is 2.39 bits per heavy atom. The van der Waals surface area contributed by atoms with Gasteiger partial charge in [0, 0.05) is 6.42 Å². The first-order valence-corrected chi connectivity index (χ1v) is 11.5. The summed E-state index contributed by atoms with van der Waals surface area (Å²) in [6.45, 7) is 6.88. The number of unbranched alkanes of at least 4 members (excludes halogenated alkanes) is 1. The molecule has 168 valence electrons. The molecule has 0 aliphatic heterocycles. The molecular formula is C27H35FO3. The van der Waals surface area contributed by atoms with E-state index in [1.54, 1.807) is 12.1 Å². The molecule has 3 rings (SSSR count). The predicted octanol–water partition coefficient (Wildman–Crippen LogP) is 7.27. The Bertz CT molecular complexity index is 876. The summed E-state index contributed by atoms with van der Waals surface area (Å²) < 4.78 is 20.8. The molecule has 2 aromatic carbocycles. The summed E-state index contributed by atoms with van der Waals surface area (Å²) in [5, 5.41) is 8.75. The summed E-state index contributed by atoms with van der Waals surface area (Å²) in [6, 6.07) is 13.3. The lowest BCUT2D eigenvalue weighted by Gasteiger charge is -2.37. The maximum atomic E-state index is 14.8. The molecule has 1 aliphatic rings. The smallest absolute Gasteiger partial charge is 0.303 e. The van der Waals surface area contributed by atoms with Crippen LogP contribution >= 0.6 is 0 Å². The first-order chi connectivity index (χ1) is 14.7. The van der Waals surface area contributed by atoms with Gasteiger partial charge in [-0.3, -0.25) is 4.79 Å². The molecule has 3 nitrogen and oxygen atoms in total. The average molecular weight is 427 g/mol. The molecule has 1 fully saturated rings. The van der Waals surface area contributed by atoms with Crippen LogP contribution in [0.4, 0.5) is 4.39 Å². The number of carboxylic acids is 1. The van der Waals surface area contributed by atoms with Crippen molar-refractivity contribution in [1.29, 1.82) is 0 Å². The minimum Gasteiger partial charge on any atom is -0.487 e. The zero-order valence-electron chi connectivity index (χ0n) is 19.0. The first-order valence-electron chi connectivity index (χ1n) is 11.5. The van der Waals surface area contributed by atoms with Crippen LogP contribution in [0.25, 0.3) is 11.1 Å². The molecule has 4 heteroatoms. The normalized spacial score (nSPS) is 19.2. The Hall–Kier alpha value is -2.36. The van der Waals surface area contributed by atoms with Gasteiger partial charge in [0.25, 0.3) is 0 Å². The number of benzene rings is 2. The molecular weight excluding hydrogens is 391 g/mol. The Morgan fingerprint density at radius 1 is 1.03 bits per heavy atom.